The molecule has 1 aromatic rings. The maximum atomic E-state index is 14.1. The van der Waals surface area contributed by atoms with E-state index in [1.165, 1.54) is 6.07 Å². The lowest BCUT2D eigenvalue weighted by Gasteiger charge is -2.33. The van der Waals surface area contributed by atoms with Crippen LogP contribution in [0.15, 0.2) is 24.3 Å². The summed E-state index contributed by atoms with van der Waals surface area (Å²) in [5.41, 5.74) is 0.614. The topological polar surface area (TPSA) is 52.7 Å². The molecule has 6 heteroatoms. The highest BCUT2D eigenvalue weighted by Crippen LogP contribution is 2.34. The van der Waals surface area contributed by atoms with E-state index in [1.807, 2.05) is 13.0 Å². The van der Waals surface area contributed by atoms with Crippen molar-refractivity contribution in [2.45, 2.75) is 31.8 Å². The van der Waals surface area contributed by atoms with Crippen LogP contribution in [-0.4, -0.2) is 53.8 Å². The smallest absolute Gasteiger partial charge is 0.239 e. The summed E-state index contributed by atoms with van der Waals surface area (Å²) in [7, 11) is 0. The highest BCUT2D eigenvalue weighted by atomic mass is 19.1. The number of amides is 2. The number of rotatable bonds is 5. The predicted molar refractivity (Wildman–Crippen MR) is 84.1 cm³/mol. The third kappa shape index (κ3) is 3.69. The van der Waals surface area contributed by atoms with Crippen molar-refractivity contribution in [2.24, 2.45) is 0 Å². The van der Waals surface area contributed by atoms with Crippen LogP contribution in [0.3, 0.4) is 0 Å². The molecule has 2 amide bonds. The van der Waals surface area contributed by atoms with E-state index >= 15 is 0 Å². The molecule has 1 aliphatic carbocycles. The molecule has 1 atom stereocenters. The molecule has 0 radical (unpaired) electrons. The number of carbonyl (C=O) groups excluding carboxylic acids is 2. The predicted octanol–water partition coefficient (Wildman–Crippen LogP) is 1.31. The fourth-order valence-electron chi connectivity index (χ4n) is 3.09. The summed E-state index contributed by atoms with van der Waals surface area (Å²) in [4.78, 5) is 27.6. The molecule has 0 bridgehead atoms. The van der Waals surface area contributed by atoms with E-state index in [0.717, 1.165) is 12.8 Å². The first-order valence-electron chi connectivity index (χ1n) is 8.11. The fraction of sp³-hybridized carbons (Fsp3) is 0.529. The second-order valence-electron chi connectivity index (χ2n) is 6.27. The zero-order chi connectivity index (χ0) is 16.4. The lowest BCUT2D eigenvalue weighted by molar-refractivity contribution is -0.139. The molecule has 1 N–H and O–H groups in total. The number of hydrogen-bond donors (Lipinski definition) is 1. The number of carbonyl (C=O) groups is 2. The third-order valence-electron chi connectivity index (χ3n) is 4.58. The van der Waals surface area contributed by atoms with Gasteiger partial charge in [0.15, 0.2) is 0 Å². The summed E-state index contributed by atoms with van der Waals surface area (Å²) in [5.74, 6) is -0.421. The van der Waals surface area contributed by atoms with Crippen LogP contribution in [0.4, 0.5) is 4.39 Å². The van der Waals surface area contributed by atoms with Crippen LogP contribution in [0.1, 0.15) is 31.4 Å². The Morgan fingerprint density at radius 2 is 2.17 bits per heavy atom. The molecular weight excluding hydrogens is 297 g/mol. The molecule has 23 heavy (non-hydrogen) atoms. The van der Waals surface area contributed by atoms with Crippen molar-refractivity contribution in [1.29, 1.82) is 0 Å². The van der Waals surface area contributed by atoms with Gasteiger partial charge in [-0.2, -0.15) is 0 Å². The Morgan fingerprint density at radius 1 is 1.43 bits per heavy atom. The number of halogens is 1. The Kier molecular flexibility index (Phi) is 4.61. The molecule has 1 saturated heterocycles. The van der Waals surface area contributed by atoms with Gasteiger partial charge >= 0.3 is 0 Å². The van der Waals surface area contributed by atoms with Gasteiger partial charge in [-0.25, -0.2) is 4.39 Å². The number of benzene rings is 1. The SMILES string of the molecule is C[C@H](c1ccccc1F)N(CC(=O)N1CCNC(=O)C1)C1CC1. The van der Waals surface area contributed by atoms with Gasteiger partial charge in [0.2, 0.25) is 11.8 Å². The zero-order valence-corrected chi connectivity index (χ0v) is 13.3. The highest BCUT2D eigenvalue weighted by molar-refractivity contribution is 5.86. The summed E-state index contributed by atoms with van der Waals surface area (Å²) < 4.78 is 14.1. The van der Waals surface area contributed by atoms with Crippen LogP contribution in [0, 0.1) is 5.82 Å². The largest absolute Gasteiger partial charge is 0.353 e. The molecular formula is C17H22FN3O2. The van der Waals surface area contributed by atoms with Gasteiger partial charge in [-0.1, -0.05) is 18.2 Å². The Morgan fingerprint density at radius 3 is 2.83 bits per heavy atom. The van der Waals surface area contributed by atoms with Crippen molar-refractivity contribution >= 4 is 11.8 Å². The Hall–Kier alpha value is -1.95. The maximum absolute atomic E-state index is 14.1. The molecule has 1 heterocycles. The quantitative estimate of drug-likeness (QED) is 0.890. The summed E-state index contributed by atoms with van der Waals surface area (Å²) in [5, 5.41) is 2.72. The average molecular weight is 319 g/mol. The molecule has 0 aromatic heterocycles. The van der Waals surface area contributed by atoms with Gasteiger partial charge in [0.25, 0.3) is 0 Å². The van der Waals surface area contributed by atoms with Crippen molar-refractivity contribution in [3.8, 4) is 0 Å². The highest BCUT2D eigenvalue weighted by Gasteiger charge is 2.36. The summed E-state index contributed by atoms with van der Waals surface area (Å²) >= 11 is 0. The summed E-state index contributed by atoms with van der Waals surface area (Å²) in [6.45, 7) is 3.32. The summed E-state index contributed by atoms with van der Waals surface area (Å²) in [6.07, 6.45) is 2.07. The van der Waals surface area contributed by atoms with Gasteiger partial charge in [0.05, 0.1) is 13.1 Å². The van der Waals surface area contributed by atoms with Gasteiger partial charge in [0, 0.05) is 30.7 Å². The molecule has 1 aliphatic heterocycles. The summed E-state index contributed by atoms with van der Waals surface area (Å²) in [6, 6.07) is 6.88. The zero-order valence-electron chi connectivity index (χ0n) is 13.3. The average Bonchev–Trinajstić information content (AvgIpc) is 3.37. The van der Waals surface area contributed by atoms with Crippen LogP contribution in [0.25, 0.3) is 0 Å². The molecule has 2 fully saturated rings. The Balaban J connectivity index is 1.71. The number of piperazine rings is 1. The number of nitrogens with zero attached hydrogens (tertiary/aromatic N) is 2. The van der Waals surface area contributed by atoms with Crippen molar-refractivity contribution in [1.82, 2.24) is 15.1 Å². The normalized spacial score (nSPS) is 19.6. The maximum Gasteiger partial charge on any atom is 0.239 e. The second-order valence-corrected chi connectivity index (χ2v) is 6.27. The standard InChI is InChI=1S/C17H22FN3O2/c1-12(14-4-2-3-5-15(14)18)21(13-6-7-13)11-17(23)20-9-8-19-16(22)10-20/h2-5,12-13H,6-11H2,1H3,(H,19,22)/t12-/m1/s1. The van der Waals surface area contributed by atoms with Crippen molar-refractivity contribution in [3.63, 3.8) is 0 Å². The minimum absolute atomic E-state index is 0.0602. The second kappa shape index (κ2) is 6.66. The first-order valence-corrected chi connectivity index (χ1v) is 8.11. The minimum atomic E-state index is -0.240. The Bertz CT molecular complexity index is 603. The molecule has 5 nitrogen and oxygen atoms in total. The van der Waals surface area contributed by atoms with Gasteiger partial charge in [-0.15, -0.1) is 0 Å². The third-order valence-corrected chi connectivity index (χ3v) is 4.58. The molecule has 0 spiro atoms. The van der Waals surface area contributed by atoms with Crippen molar-refractivity contribution in [3.05, 3.63) is 35.6 Å². The molecule has 1 saturated carbocycles. The molecule has 124 valence electrons. The van der Waals surface area contributed by atoms with Crippen molar-refractivity contribution in [2.75, 3.05) is 26.2 Å². The fourth-order valence-corrected chi connectivity index (χ4v) is 3.09. The van der Waals surface area contributed by atoms with E-state index in [0.29, 0.717) is 24.7 Å². The molecule has 1 aromatic carbocycles. The van der Waals surface area contributed by atoms with Crippen LogP contribution in [0.5, 0.6) is 0 Å². The number of hydrogen-bond acceptors (Lipinski definition) is 3. The van der Waals surface area contributed by atoms with E-state index in [2.05, 4.69) is 10.2 Å². The first-order chi connectivity index (χ1) is 11.1. The van der Waals surface area contributed by atoms with Crippen LogP contribution < -0.4 is 5.32 Å². The lowest BCUT2D eigenvalue weighted by Crippen LogP contribution is -2.52. The molecule has 0 unspecified atom stereocenters. The minimum Gasteiger partial charge on any atom is -0.353 e. The van der Waals surface area contributed by atoms with Gasteiger partial charge in [-0.3, -0.25) is 14.5 Å². The van der Waals surface area contributed by atoms with E-state index in [1.54, 1.807) is 17.0 Å². The lowest BCUT2D eigenvalue weighted by atomic mass is 10.1. The molecule has 2 aliphatic rings. The number of nitrogens with one attached hydrogen (secondary N) is 1. The van der Waals surface area contributed by atoms with E-state index in [4.69, 9.17) is 0 Å². The van der Waals surface area contributed by atoms with Gasteiger partial charge in [-0.05, 0) is 25.8 Å². The van der Waals surface area contributed by atoms with Crippen LogP contribution in [0.2, 0.25) is 0 Å². The van der Waals surface area contributed by atoms with E-state index < -0.39 is 0 Å². The van der Waals surface area contributed by atoms with Gasteiger partial charge < -0.3 is 10.2 Å². The molecule has 3 rings (SSSR count). The van der Waals surface area contributed by atoms with Crippen LogP contribution >= 0.6 is 0 Å². The van der Waals surface area contributed by atoms with E-state index in [-0.39, 0.29) is 36.8 Å². The monoisotopic (exact) mass is 319 g/mol. The van der Waals surface area contributed by atoms with E-state index in [9.17, 15) is 14.0 Å². The first kappa shape index (κ1) is 15.9. The van der Waals surface area contributed by atoms with Gasteiger partial charge in [0.1, 0.15) is 5.82 Å². The Labute approximate surface area is 135 Å². The van der Waals surface area contributed by atoms with Crippen molar-refractivity contribution < 1.29 is 14.0 Å². The van der Waals surface area contributed by atoms with Crippen LogP contribution in [-0.2, 0) is 9.59 Å².